The van der Waals surface area contributed by atoms with Gasteiger partial charge in [-0.3, -0.25) is 9.78 Å². The molecule has 0 unspecified atom stereocenters. The number of rotatable bonds is 4. The zero-order valence-corrected chi connectivity index (χ0v) is 6.76. The lowest BCUT2D eigenvalue weighted by Crippen LogP contribution is -2.23. The van der Waals surface area contributed by atoms with Gasteiger partial charge in [0.15, 0.2) is 0 Å². The summed E-state index contributed by atoms with van der Waals surface area (Å²) in [6.07, 6.45) is 5.66. The summed E-state index contributed by atoms with van der Waals surface area (Å²) in [6, 6.07) is 0. The molecule has 3 N–H and O–H groups in total. The first-order valence-electron chi connectivity index (χ1n) is 3.76. The molecule has 0 aliphatic rings. The predicted molar refractivity (Wildman–Crippen MR) is 44.3 cm³/mol. The first kappa shape index (κ1) is 8.52. The number of hydrogen-bond acceptors (Lipinski definition) is 1. The van der Waals surface area contributed by atoms with Gasteiger partial charge in [0.1, 0.15) is 11.9 Å². The Bertz CT molecular complexity index is 253. The van der Waals surface area contributed by atoms with Gasteiger partial charge in [-0.05, 0) is 6.08 Å². The topological polar surface area (TPSA) is 59.0 Å². The SMILES string of the molecule is C=CC(=O)NCCc1c[nH+]c[nH]1. The monoisotopic (exact) mass is 166 g/mol. The molecule has 0 atom stereocenters. The van der Waals surface area contributed by atoms with Crippen molar-refractivity contribution in [2.24, 2.45) is 0 Å². The molecule has 0 aromatic carbocycles. The largest absolute Gasteiger partial charge is 0.352 e. The molecule has 0 bridgehead atoms. The average Bonchev–Trinajstić information content (AvgIpc) is 2.57. The Labute approximate surface area is 70.7 Å². The van der Waals surface area contributed by atoms with Crippen molar-refractivity contribution in [1.29, 1.82) is 0 Å². The molecule has 64 valence electrons. The van der Waals surface area contributed by atoms with Crippen LogP contribution in [-0.4, -0.2) is 17.4 Å². The number of nitrogens with one attached hydrogen (secondary N) is 3. The molecular weight excluding hydrogens is 154 g/mol. The summed E-state index contributed by atoms with van der Waals surface area (Å²) in [4.78, 5) is 16.6. The van der Waals surface area contributed by atoms with Gasteiger partial charge in [0.2, 0.25) is 12.2 Å². The molecule has 0 saturated carbocycles. The van der Waals surface area contributed by atoms with Crippen LogP contribution in [0.5, 0.6) is 0 Å². The fourth-order valence-corrected chi connectivity index (χ4v) is 0.855. The van der Waals surface area contributed by atoms with Crippen LogP contribution in [0.2, 0.25) is 0 Å². The normalized spacial score (nSPS) is 9.33. The van der Waals surface area contributed by atoms with Crippen LogP contribution in [0.25, 0.3) is 0 Å². The maximum absolute atomic E-state index is 10.7. The second-order valence-electron chi connectivity index (χ2n) is 2.37. The number of aromatic amines is 2. The molecule has 1 aromatic rings. The third-order valence-corrected chi connectivity index (χ3v) is 1.48. The average molecular weight is 166 g/mol. The number of hydrogen-bond donors (Lipinski definition) is 2. The molecule has 0 radical (unpaired) electrons. The second kappa shape index (κ2) is 4.33. The summed E-state index contributed by atoms with van der Waals surface area (Å²) in [5.74, 6) is -0.134. The molecular formula is C8H12N3O+. The molecule has 4 nitrogen and oxygen atoms in total. The van der Waals surface area contributed by atoms with Gasteiger partial charge < -0.3 is 5.32 Å². The minimum Gasteiger partial charge on any atom is -0.352 e. The number of H-pyrrole nitrogens is 2. The van der Waals surface area contributed by atoms with Crippen LogP contribution in [0.1, 0.15) is 5.69 Å². The van der Waals surface area contributed by atoms with Crippen molar-refractivity contribution in [3.8, 4) is 0 Å². The summed E-state index contributed by atoms with van der Waals surface area (Å²) >= 11 is 0. The Morgan fingerprint density at radius 3 is 3.25 bits per heavy atom. The number of amides is 1. The Morgan fingerprint density at radius 2 is 2.67 bits per heavy atom. The molecule has 0 fully saturated rings. The van der Waals surface area contributed by atoms with Crippen LogP contribution >= 0.6 is 0 Å². The Morgan fingerprint density at radius 1 is 1.83 bits per heavy atom. The molecule has 0 aliphatic carbocycles. The molecule has 4 heteroatoms. The van der Waals surface area contributed by atoms with Gasteiger partial charge in [-0.2, -0.15) is 0 Å². The van der Waals surface area contributed by atoms with Crippen molar-refractivity contribution in [3.63, 3.8) is 0 Å². The Kier molecular flexibility index (Phi) is 3.07. The van der Waals surface area contributed by atoms with Gasteiger partial charge in [-0.25, -0.2) is 4.98 Å². The van der Waals surface area contributed by atoms with E-state index in [0.717, 1.165) is 12.1 Å². The van der Waals surface area contributed by atoms with Crippen LogP contribution in [-0.2, 0) is 11.2 Å². The number of aromatic nitrogens is 2. The van der Waals surface area contributed by atoms with Gasteiger partial charge in [0.25, 0.3) is 0 Å². The zero-order chi connectivity index (χ0) is 8.81. The van der Waals surface area contributed by atoms with Crippen LogP contribution in [0, 0.1) is 0 Å². The molecule has 1 aromatic heterocycles. The molecule has 0 spiro atoms. The maximum atomic E-state index is 10.7. The van der Waals surface area contributed by atoms with E-state index in [1.807, 2.05) is 6.20 Å². The Hall–Kier alpha value is -1.58. The predicted octanol–water partition coefficient (Wildman–Crippen LogP) is -0.327. The van der Waals surface area contributed by atoms with Gasteiger partial charge >= 0.3 is 0 Å². The van der Waals surface area contributed by atoms with Crippen molar-refractivity contribution in [2.45, 2.75) is 6.42 Å². The zero-order valence-electron chi connectivity index (χ0n) is 6.76. The third-order valence-electron chi connectivity index (χ3n) is 1.48. The quantitative estimate of drug-likeness (QED) is 0.591. The van der Waals surface area contributed by atoms with Crippen molar-refractivity contribution in [1.82, 2.24) is 10.3 Å². The molecule has 1 amide bonds. The number of imidazole rings is 1. The second-order valence-corrected chi connectivity index (χ2v) is 2.37. The van der Waals surface area contributed by atoms with E-state index in [4.69, 9.17) is 0 Å². The van der Waals surface area contributed by atoms with Crippen LogP contribution < -0.4 is 10.3 Å². The lowest BCUT2D eigenvalue weighted by Gasteiger charge is -1.96. The van der Waals surface area contributed by atoms with Crippen molar-refractivity contribution >= 4 is 5.91 Å². The van der Waals surface area contributed by atoms with E-state index in [1.165, 1.54) is 6.08 Å². The Balaban J connectivity index is 2.19. The van der Waals surface area contributed by atoms with Crippen LogP contribution in [0.3, 0.4) is 0 Å². The van der Waals surface area contributed by atoms with Gasteiger partial charge in [0.05, 0.1) is 0 Å². The lowest BCUT2D eigenvalue weighted by molar-refractivity contribution is -0.376. The molecule has 0 saturated heterocycles. The van der Waals surface area contributed by atoms with E-state index in [9.17, 15) is 4.79 Å². The van der Waals surface area contributed by atoms with E-state index < -0.39 is 0 Å². The highest BCUT2D eigenvalue weighted by atomic mass is 16.1. The molecule has 1 heterocycles. The van der Waals surface area contributed by atoms with E-state index in [1.54, 1.807) is 6.33 Å². The summed E-state index contributed by atoms with van der Waals surface area (Å²) in [5, 5.41) is 2.68. The minimum atomic E-state index is -0.134. The van der Waals surface area contributed by atoms with Gasteiger partial charge in [-0.15, -0.1) is 0 Å². The standard InChI is InChI=1S/C8H11N3O/c1-2-8(12)10-4-3-7-5-9-6-11-7/h2,5-6H,1,3-4H2,(H,9,11)(H,10,12)/p+1. The molecule has 0 aliphatic heterocycles. The van der Waals surface area contributed by atoms with E-state index in [0.29, 0.717) is 6.54 Å². The molecule has 1 rings (SSSR count). The fraction of sp³-hybridized carbons (Fsp3) is 0.250. The fourth-order valence-electron chi connectivity index (χ4n) is 0.855. The van der Waals surface area contributed by atoms with E-state index in [-0.39, 0.29) is 5.91 Å². The highest BCUT2D eigenvalue weighted by Crippen LogP contribution is 1.87. The smallest absolute Gasteiger partial charge is 0.243 e. The van der Waals surface area contributed by atoms with E-state index in [2.05, 4.69) is 21.9 Å². The lowest BCUT2D eigenvalue weighted by atomic mass is 10.3. The van der Waals surface area contributed by atoms with E-state index >= 15 is 0 Å². The van der Waals surface area contributed by atoms with Crippen LogP contribution in [0.15, 0.2) is 25.2 Å². The maximum Gasteiger partial charge on any atom is 0.243 e. The van der Waals surface area contributed by atoms with Crippen molar-refractivity contribution in [3.05, 3.63) is 30.9 Å². The summed E-state index contributed by atoms with van der Waals surface area (Å²) in [6.45, 7) is 3.97. The van der Waals surface area contributed by atoms with Gasteiger partial charge in [-0.1, -0.05) is 6.58 Å². The highest BCUT2D eigenvalue weighted by Gasteiger charge is 1.99. The third kappa shape index (κ3) is 2.57. The van der Waals surface area contributed by atoms with Crippen molar-refractivity contribution < 1.29 is 9.78 Å². The first-order chi connectivity index (χ1) is 5.83. The van der Waals surface area contributed by atoms with Crippen LogP contribution in [0.4, 0.5) is 0 Å². The minimum absolute atomic E-state index is 0.134. The summed E-state index contributed by atoms with van der Waals surface area (Å²) in [5.41, 5.74) is 1.07. The highest BCUT2D eigenvalue weighted by molar-refractivity contribution is 5.86. The summed E-state index contributed by atoms with van der Waals surface area (Å²) in [7, 11) is 0. The first-order valence-corrected chi connectivity index (χ1v) is 3.76. The summed E-state index contributed by atoms with van der Waals surface area (Å²) < 4.78 is 0. The van der Waals surface area contributed by atoms with Crippen molar-refractivity contribution in [2.75, 3.05) is 6.54 Å². The number of carbonyl (C=O) groups is 1. The number of carbonyl (C=O) groups excluding carboxylic acids is 1. The molecule has 12 heavy (non-hydrogen) atoms. The van der Waals surface area contributed by atoms with Gasteiger partial charge in [0, 0.05) is 13.0 Å².